The van der Waals surface area contributed by atoms with Gasteiger partial charge in [-0.2, -0.15) is 0 Å². The molecule has 144 valence electrons. The molecule has 1 aliphatic heterocycles. The highest BCUT2D eigenvalue weighted by Gasteiger charge is 2.20. The first-order valence-electron chi connectivity index (χ1n) is 9.29. The molecule has 0 radical (unpaired) electrons. The Kier molecular flexibility index (Phi) is 4.16. The van der Waals surface area contributed by atoms with E-state index in [0.29, 0.717) is 22.7 Å². The van der Waals surface area contributed by atoms with E-state index in [9.17, 15) is 9.18 Å². The molecule has 1 fully saturated rings. The van der Waals surface area contributed by atoms with Crippen LogP contribution in [0.2, 0.25) is 0 Å². The standard InChI is InChI=1S/C21H17FN6O/c22-17-6-5-15(25-21(29)27-8-3-9-27)10-16(17)19-13-28-12-14(11-24-20(28)26-19)18-4-1-2-7-23-18/h1-2,4-7,10-13H,3,8-9H2,(H,25,29). The van der Waals surface area contributed by atoms with Crippen LogP contribution in [-0.2, 0) is 0 Å². The number of carbonyl (C=O) groups excluding carboxylic acids is 1. The molecule has 2 amide bonds. The summed E-state index contributed by atoms with van der Waals surface area (Å²) in [6.45, 7) is 1.49. The van der Waals surface area contributed by atoms with Gasteiger partial charge in [-0.25, -0.2) is 19.2 Å². The fourth-order valence-corrected chi connectivity index (χ4v) is 3.20. The van der Waals surface area contributed by atoms with Crippen LogP contribution < -0.4 is 5.32 Å². The molecule has 0 bridgehead atoms. The number of imidazole rings is 1. The van der Waals surface area contributed by atoms with Crippen molar-refractivity contribution in [3.63, 3.8) is 0 Å². The molecule has 0 aliphatic carbocycles. The molecule has 1 N–H and O–H groups in total. The van der Waals surface area contributed by atoms with Gasteiger partial charge >= 0.3 is 6.03 Å². The first-order chi connectivity index (χ1) is 14.2. The van der Waals surface area contributed by atoms with E-state index in [2.05, 4.69) is 20.3 Å². The molecule has 3 aromatic heterocycles. The summed E-state index contributed by atoms with van der Waals surface area (Å²) in [5.41, 5.74) is 2.89. The first-order valence-corrected chi connectivity index (χ1v) is 9.29. The number of urea groups is 1. The van der Waals surface area contributed by atoms with Crippen LogP contribution in [0.5, 0.6) is 0 Å². The van der Waals surface area contributed by atoms with Crippen molar-refractivity contribution in [2.24, 2.45) is 0 Å². The third-order valence-electron chi connectivity index (χ3n) is 4.91. The highest BCUT2D eigenvalue weighted by Crippen LogP contribution is 2.27. The molecule has 29 heavy (non-hydrogen) atoms. The maximum absolute atomic E-state index is 14.5. The van der Waals surface area contributed by atoms with Gasteiger partial charge in [0, 0.05) is 54.7 Å². The smallest absolute Gasteiger partial charge is 0.321 e. The van der Waals surface area contributed by atoms with Crippen LogP contribution >= 0.6 is 0 Å². The van der Waals surface area contributed by atoms with E-state index in [1.807, 2.05) is 24.4 Å². The third-order valence-corrected chi connectivity index (χ3v) is 4.91. The van der Waals surface area contributed by atoms with Gasteiger partial charge in [0.15, 0.2) is 0 Å². The summed E-state index contributed by atoms with van der Waals surface area (Å²) in [5, 5.41) is 2.81. The van der Waals surface area contributed by atoms with Crippen LogP contribution in [0.4, 0.5) is 14.9 Å². The highest BCUT2D eigenvalue weighted by molar-refractivity contribution is 5.90. The van der Waals surface area contributed by atoms with Gasteiger partial charge in [-0.15, -0.1) is 0 Å². The number of anilines is 1. The molecular weight excluding hydrogens is 371 g/mol. The summed E-state index contributed by atoms with van der Waals surface area (Å²) in [6.07, 6.45) is 7.99. The van der Waals surface area contributed by atoms with E-state index >= 15 is 0 Å². The number of pyridine rings is 1. The van der Waals surface area contributed by atoms with Gasteiger partial charge in [0.1, 0.15) is 5.82 Å². The fourth-order valence-electron chi connectivity index (χ4n) is 3.20. The number of nitrogens with zero attached hydrogens (tertiary/aromatic N) is 5. The number of benzene rings is 1. The number of halogens is 1. The van der Waals surface area contributed by atoms with E-state index in [-0.39, 0.29) is 6.03 Å². The number of hydrogen-bond donors (Lipinski definition) is 1. The lowest BCUT2D eigenvalue weighted by Gasteiger charge is -2.30. The van der Waals surface area contributed by atoms with E-state index in [0.717, 1.165) is 30.8 Å². The van der Waals surface area contributed by atoms with Gasteiger partial charge in [0.2, 0.25) is 5.78 Å². The van der Waals surface area contributed by atoms with Gasteiger partial charge in [-0.05, 0) is 36.8 Å². The molecule has 8 heteroatoms. The number of fused-ring (bicyclic) bond motifs is 1. The maximum Gasteiger partial charge on any atom is 0.321 e. The molecule has 7 nitrogen and oxygen atoms in total. The monoisotopic (exact) mass is 388 g/mol. The Bertz CT molecular complexity index is 1200. The van der Waals surface area contributed by atoms with Gasteiger partial charge in [0.05, 0.1) is 11.4 Å². The number of amides is 2. The van der Waals surface area contributed by atoms with Crippen molar-refractivity contribution in [3.05, 3.63) is 67.0 Å². The normalized spacial score (nSPS) is 13.3. The predicted octanol–water partition coefficient (Wildman–Crippen LogP) is 3.84. The van der Waals surface area contributed by atoms with Crippen molar-refractivity contribution in [2.75, 3.05) is 18.4 Å². The summed E-state index contributed by atoms with van der Waals surface area (Å²) < 4.78 is 16.2. The second-order valence-corrected chi connectivity index (χ2v) is 6.86. The van der Waals surface area contributed by atoms with Crippen molar-refractivity contribution >= 4 is 17.5 Å². The zero-order chi connectivity index (χ0) is 19.8. The van der Waals surface area contributed by atoms with E-state index in [1.165, 1.54) is 6.07 Å². The van der Waals surface area contributed by atoms with Crippen LogP contribution in [-0.4, -0.2) is 43.4 Å². The van der Waals surface area contributed by atoms with Crippen molar-refractivity contribution in [1.82, 2.24) is 24.3 Å². The molecule has 1 aliphatic rings. The van der Waals surface area contributed by atoms with E-state index < -0.39 is 5.82 Å². The number of aromatic nitrogens is 4. The third kappa shape index (κ3) is 3.29. The van der Waals surface area contributed by atoms with Crippen LogP contribution in [0.25, 0.3) is 28.3 Å². The van der Waals surface area contributed by atoms with Crippen LogP contribution in [0.1, 0.15) is 6.42 Å². The Balaban J connectivity index is 1.48. The lowest BCUT2D eigenvalue weighted by atomic mass is 10.1. The molecule has 0 saturated carbocycles. The fraction of sp³-hybridized carbons (Fsp3) is 0.143. The molecule has 5 rings (SSSR count). The Labute approximate surface area is 165 Å². The largest absolute Gasteiger partial charge is 0.324 e. The van der Waals surface area contributed by atoms with Crippen LogP contribution in [0, 0.1) is 5.82 Å². The summed E-state index contributed by atoms with van der Waals surface area (Å²) >= 11 is 0. The average Bonchev–Trinajstić information content (AvgIpc) is 3.12. The van der Waals surface area contributed by atoms with Gasteiger partial charge in [-0.1, -0.05) is 6.07 Å². The quantitative estimate of drug-likeness (QED) is 0.579. The highest BCUT2D eigenvalue weighted by atomic mass is 19.1. The summed E-state index contributed by atoms with van der Waals surface area (Å²) in [5.74, 6) is 0.0365. The number of carbonyl (C=O) groups is 1. The van der Waals surface area contributed by atoms with Crippen molar-refractivity contribution in [3.8, 4) is 22.5 Å². The second kappa shape index (κ2) is 6.97. The SMILES string of the molecule is O=C(Nc1ccc(F)c(-c2cn3cc(-c4ccccn4)cnc3n2)c1)N1CCC1. The lowest BCUT2D eigenvalue weighted by Crippen LogP contribution is -2.44. The van der Waals surface area contributed by atoms with Crippen molar-refractivity contribution in [2.45, 2.75) is 6.42 Å². The molecule has 1 aromatic carbocycles. The van der Waals surface area contributed by atoms with Crippen molar-refractivity contribution < 1.29 is 9.18 Å². The van der Waals surface area contributed by atoms with E-state index in [4.69, 9.17) is 0 Å². The molecule has 4 aromatic rings. The summed E-state index contributed by atoms with van der Waals surface area (Å²) in [4.78, 5) is 26.9. The topological polar surface area (TPSA) is 75.4 Å². The van der Waals surface area contributed by atoms with Crippen LogP contribution in [0.15, 0.2) is 61.2 Å². The Morgan fingerprint density at radius 1 is 1.07 bits per heavy atom. The molecule has 0 atom stereocenters. The van der Waals surface area contributed by atoms with Gasteiger partial charge < -0.3 is 10.2 Å². The van der Waals surface area contributed by atoms with E-state index in [1.54, 1.807) is 40.0 Å². The van der Waals surface area contributed by atoms with Gasteiger partial charge in [-0.3, -0.25) is 9.38 Å². The minimum atomic E-state index is -0.416. The maximum atomic E-state index is 14.5. The average molecular weight is 388 g/mol. The van der Waals surface area contributed by atoms with Gasteiger partial charge in [0.25, 0.3) is 0 Å². The summed E-state index contributed by atoms with van der Waals surface area (Å²) in [7, 11) is 0. The predicted molar refractivity (Wildman–Crippen MR) is 107 cm³/mol. The Morgan fingerprint density at radius 3 is 2.72 bits per heavy atom. The molecular formula is C21H17FN6O. The second-order valence-electron chi connectivity index (χ2n) is 6.86. The summed E-state index contributed by atoms with van der Waals surface area (Å²) in [6, 6.07) is 9.94. The van der Waals surface area contributed by atoms with Crippen molar-refractivity contribution in [1.29, 1.82) is 0 Å². The number of hydrogen-bond acceptors (Lipinski definition) is 4. The Hall–Kier alpha value is -3.81. The number of rotatable bonds is 3. The zero-order valence-electron chi connectivity index (χ0n) is 15.4. The molecule has 0 unspecified atom stereocenters. The molecule has 0 spiro atoms. The number of likely N-dealkylation sites (tertiary alicyclic amines) is 1. The Morgan fingerprint density at radius 2 is 1.97 bits per heavy atom. The molecule has 4 heterocycles. The zero-order valence-corrected chi connectivity index (χ0v) is 15.4. The number of nitrogens with one attached hydrogen (secondary N) is 1. The van der Waals surface area contributed by atoms with Crippen LogP contribution in [0.3, 0.4) is 0 Å². The first kappa shape index (κ1) is 17.3. The molecule has 1 saturated heterocycles. The lowest BCUT2D eigenvalue weighted by molar-refractivity contribution is 0.181. The minimum Gasteiger partial charge on any atom is -0.324 e. The minimum absolute atomic E-state index is 0.175.